The molecule has 12 heteroatoms. The Labute approximate surface area is 201 Å². The van der Waals surface area contributed by atoms with Crippen molar-refractivity contribution >= 4 is 45.8 Å². The van der Waals surface area contributed by atoms with Crippen molar-refractivity contribution in [1.29, 1.82) is 0 Å². The Kier molecular flexibility index (Phi) is 5.27. The molecule has 1 aromatic carbocycles. The number of nitrogens with two attached hydrogens (primary N) is 2. The van der Waals surface area contributed by atoms with E-state index >= 15 is 0 Å². The molecule has 0 radical (unpaired) electrons. The minimum atomic E-state index is -2.92. The van der Waals surface area contributed by atoms with E-state index in [2.05, 4.69) is 0 Å². The van der Waals surface area contributed by atoms with Crippen LogP contribution in [0.25, 0.3) is 0 Å². The van der Waals surface area contributed by atoms with Crippen LogP contribution in [-0.4, -0.2) is 79.7 Å². The van der Waals surface area contributed by atoms with E-state index in [1.54, 1.807) is 22.6 Å². The normalized spacial score (nSPS) is 31.5. The van der Waals surface area contributed by atoms with E-state index in [-0.39, 0.29) is 32.6 Å². The third kappa shape index (κ3) is 2.87. The van der Waals surface area contributed by atoms with E-state index in [0.29, 0.717) is 0 Å². The number of hydrogen-bond donors (Lipinski definition) is 7. The van der Waals surface area contributed by atoms with Gasteiger partial charge < -0.3 is 37.0 Å². The number of aromatic hydroxyl groups is 1. The second-order valence-corrected chi connectivity index (χ2v) is 9.86. The van der Waals surface area contributed by atoms with Gasteiger partial charge >= 0.3 is 0 Å². The number of phenols is 1. The van der Waals surface area contributed by atoms with E-state index in [4.69, 9.17) is 11.5 Å². The number of primary amides is 1. The molecular weight excluding hydrogens is 549 g/mol. The lowest BCUT2D eigenvalue weighted by molar-refractivity contribution is -0.161. The number of benzene rings is 1. The Bertz CT molecular complexity index is 1210. The van der Waals surface area contributed by atoms with Gasteiger partial charge in [0.1, 0.15) is 22.8 Å². The first kappa shape index (κ1) is 23.5. The van der Waals surface area contributed by atoms with Gasteiger partial charge in [-0.3, -0.25) is 19.3 Å². The smallest absolute Gasteiger partial charge is 0.255 e. The predicted molar refractivity (Wildman–Crippen MR) is 122 cm³/mol. The van der Waals surface area contributed by atoms with Crippen molar-refractivity contribution in [3.05, 3.63) is 43.4 Å². The average Bonchev–Trinajstić information content (AvgIpc) is 2.71. The van der Waals surface area contributed by atoms with E-state index in [1.807, 2.05) is 0 Å². The van der Waals surface area contributed by atoms with Gasteiger partial charge in [-0.2, -0.15) is 0 Å². The second kappa shape index (κ2) is 7.41. The van der Waals surface area contributed by atoms with Crippen molar-refractivity contribution in [2.24, 2.45) is 17.6 Å². The molecule has 0 saturated heterocycles. The number of carbonyl (C=O) groups excluding carboxylic acids is 3. The molecule has 4 rings (SSSR count). The highest BCUT2D eigenvalue weighted by Crippen LogP contribution is 2.53. The number of halogens is 1. The first-order valence-electron chi connectivity index (χ1n) is 9.89. The number of nitrogen functional groups attached to an aromatic ring is 1. The van der Waals surface area contributed by atoms with Gasteiger partial charge in [0.25, 0.3) is 5.91 Å². The molecule has 3 aliphatic carbocycles. The fourth-order valence-corrected chi connectivity index (χ4v) is 5.93. The number of carbonyl (C=O) groups is 3. The molecule has 5 atom stereocenters. The van der Waals surface area contributed by atoms with Crippen LogP contribution in [0.4, 0.5) is 5.69 Å². The number of likely N-dealkylation sites (N-methyl/N-ethyl adjacent to an activating group) is 1. The van der Waals surface area contributed by atoms with Gasteiger partial charge in [0.15, 0.2) is 11.4 Å². The van der Waals surface area contributed by atoms with Crippen LogP contribution in [-0.2, 0) is 16.0 Å². The summed E-state index contributed by atoms with van der Waals surface area (Å²) in [5.41, 5.74) is 7.24. The summed E-state index contributed by atoms with van der Waals surface area (Å²) in [6.07, 6.45) is -1.72. The summed E-state index contributed by atoms with van der Waals surface area (Å²) in [6, 6.07) is 0.163. The average molecular weight is 571 g/mol. The maximum Gasteiger partial charge on any atom is 0.255 e. The molecule has 0 bridgehead atoms. The van der Waals surface area contributed by atoms with Gasteiger partial charge in [-0.25, -0.2) is 0 Å². The van der Waals surface area contributed by atoms with Crippen molar-refractivity contribution in [2.75, 3.05) is 19.8 Å². The Morgan fingerprint density at radius 2 is 1.85 bits per heavy atom. The summed E-state index contributed by atoms with van der Waals surface area (Å²) in [5, 5.41) is 55.2. The molecule has 9 N–H and O–H groups in total. The minimum Gasteiger partial charge on any atom is -0.510 e. The first-order chi connectivity index (χ1) is 15.3. The zero-order chi connectivity index (χ0) is 24.7. The number of anilines is 1. The minimum absolute atomic E-state index is 0.0913. The molecule has 11 nitrogen and oxygen atoms in total. The highest BCUT2D eigenvalue weighted by atomic mass is 127. The monoisotopic (exact) mass is 571 g/mol. The molecule has 0 heterocycles. The largest absolute Gasteiger partial charge is 0.510 e. The van der Waals surface area contributed by atoms with Gasteiger partial charge in [-0.05, 0) is 54.7 Å². The number of amides is 1. The third-order valence-corrected chi connectivity index (χ3v) is 7.62. The van der Waals surface area contributed by atoms with Crippen LogP contribution >= 0.6 is 22.6 Å². The topological polar surface area (TPSA) is 208 Å². The molecule has 0 spiro atoms. The van der Waals surface area contributed by atoms with Gasteiger partial charge in [0.05, 0.1) is 27.2 Å². The number of nitrogens with zero attached hydrogens (tertiary/aromatic N) is 1. The molecule has 1 amide bonds. The zero-order valence-corrected chi connectivity index (χ0v) is 19.7. The number of phenolic OH excluding ortho intramolecular Hbond substituents is 1. The molecule has 0 saturated carbocycles. The summed E-state index contributed by atoms with van der Waals surface area (Å²) >= 11 is 1.78. The SMILES string of the molecule is CN(C)[C@@H]1C(O)=C(C(N)=O)C(=O)[C@@]2(O)C(O)=C3C(=O)c4c(O)c(I)cc(N)c4CC3C(O)C12. The quantitative estimate of drug-likeness (QED) is 0.103. The molecule has 0 aliphatic heterocycles. The van der Waals surface area contributed by atoms with Crippen molar-refractivity contribution in [1.82, 2.24) is 4.90 Å². The number of hydrogen-bond acceptors (Lipinski definition) is 10. The lowest BCUT2D eigenvalue weighted by atomic mass is 9.57. The number of aliphatic hydroxyl groups excluding tert-OH is 3. The molecule has 0 fully saturated rings. The summed E-state index contributed by atoms with van der Waals surface area (Å²) in [7, 11) is 2.94. The van der Waals surface area contributed by atoms with Gasteiger partial charge in [0.2, 0.25) is 5.78 Å². The number of Topliss-reactive ketones (excluding diaryl/α,β-unsaturated/α-hetero) is 2. The number of rotatable bonds is 2. The molecule has 3 unspecified atom stereocenters. The van der Waals surface area contributed by atoms with Crippen LogP contribution < -0.4 is 11.5 Å². The van der Waals surface area contributed by atoms with Crippen molar-refractivity contribution in [2.45, 2.75) is 24.2 Å². The van der Waals surface area contributed by atoms with Gasteiger partial charge in [-0.15, -0.1) is 0 Å². The fourth-order valence-electron chi connectivity index (χ4n) is 5.33. The summed E-state index contributed by atoms with van der Waals surface area (Å²) in [6.45, 7) is 0. The summed E-state index contributed by atoms with van der Waals surface area (Å²) in [5.74, 6) is -8.55. The lowest BCUT2D eigenvalue weighted by Crippen LogP contribution is -2.68. The molecular formula is C21H22IN3O8. The highest BCUT2D eigenvalue weighted by Gasteiger charge is 2.66. The maximum atomic E-state index is 13.4. The molecule has 0 aromatic heterocycles. The van der Waals surface area contributed by atoms with Gasteiger partial charge in [0, 0.05) is 17.2 Å². The molecule has 33 heavy (non-hydrogen) atoms. The summed E-state index contributed by atoms with van der Waals surface area (Å²) in [4.78, 5) is 39.9. The van der Waals surface area contributed by atoms with E-state index < -0.39 is 69.7 Å². The standard InChI is InChI=1S/C21H22IN3O8/c1-25(2)13-12-14(26)6-3-5-8(23)4-7(22)15(27)9(5)16(28)10(6)18(30)21(12,33)19(31)11(17(13)29)20(24)32/h4,6,12-14,26-27,29-30,33H,3,23H2,1-2H3,(H2,24,32)/t6?,12?,13-,14?,21-/m0/s1. The number of ketones is 2. The van der Waals surface area contributed by atoms with Crippen molar-refractivity contribution in [3.8, 4) is 5.75 Å². The molecule has 176 valence electrons. The van der Waals surface area contributed by atoms with Crippen molar-refractivity contribution < 1.29 is 39.9 Å². The number of aliphatic hydroxyl groups is 4. The summed E-state index contributed by atoms with van der Waals surface area (Å²) < 4.78 is 0.272. The number of fused-ring (bicyclic) bond motifs is 3. The van der Waals surface area contributed by atoms with Crippen LogP contribution in [0.1, 0.15) is 15.9 Å². The first-order valence-corrected chi connectivity index (χ1v) is 11.0. The lowest BCUT2D eigenvalue weighted by Gasteiger charge is -2.52. The van der Waals surface area contributed by atoms with Crippen LogP contribution in [0.15, 0.2) is 28.7 Å². The molecule has 1 aromatic rings. The van der Waals surface area contributed by atoms with Gasteiger partial charge in [-0.1, -0.05) is 0 Å². The Morgan fingerprint density at radius 3 is 2.39 bits per heavy atom. The zero-order valence-electron chi connectivity index (χ0n) is 17.5. The predicted octanol–water partition coefficient (Wildman–Crippen LogP) is -0.722. The maximum absolute atomic E-state index is 13.4. The fraction of sp³-hybridized carbons (Fsp3) is 0.381. The Morgan fingerprint density at radius 1 is 1.24 bits per heavy atom. The van der Waals surface area contributed by atoms with Crippen LogP contribution in [0.5, 0.6) is 5.75 Å². The Hall–Kier alpha value is -2.68. The third-order valence-electron chi connectivity index (χ3n) is 6.79. The van der Waals surface area contributed by atoms with Crippen LogP contribution in [0, 0.1) is 15.4 Å². The molecule has 3 aliphatic rings. The van der Waals surface area contributed by atoms with Crippen LogP contribution in [0.3, 0.4) is 0 Å². The highest BCUT2D eigenvalue weighted by molar-refractivity contribution is 14.1. The van der Waals surface area contributed by atoms with Crippen molar-refractivity contribution in [3.63, 3.8) is 0 Å². The van der Waals surface area contributed by atoms with Crippen LogP contribution in [0.2, 0.25) is 0 Å². The van der Waals surface area contributed by atoms with E-state index in [0.717, 1.165) is 0 Å². The van der Waals surface area contributed by atoms with E-state index in [1.165, 1.54) is 25.1 Å². The van der Waals surface area contributed by atoms with E-state index in [9.17, 15) is 39.9 Å². The second-order valence-electron chi connectivity index (χ2n) is 8.70. The Balaban J connectivity index is 2.04.